The summed E-state index contributed by atoms with van der Waals surface area (Å²) in [6.45, 7) is 2.25. The largest absolute Gasteiger partial charge is 0.469 e. The van der Waals surface area contributed by atoms with E-state index in [4.69, 9.17) is 10.00 Å². The van der Waals surface area contributed by atoms with Gasteiger partial charge in [0.1, 0.15) is 5.82 Å². The van der Waals surface area contributed by atoms with Gasteiger partial charge < -0.3 is 9.47 Å². The summed E-state index contributed by atoms with van der Waals surface area (Å²) in [5.74, 6) is -0.693. The summed E-state index contributed by atoms with van der Waals surface area (Å²) in [5.41, 5.74) is 0.804. The van der Waals surface area contributed by atoms with Crippen molar-refractivity contribution >= 4 is 5.97 Å². The Morgan fingerprint density at radius 3 is 3.00 bits per heavy atom. The molecule has 0 radical (unpaired) electrons. The molecule has 2 rings (SSSR count). The second-order valence-corrected chi connectivity index (χ2v) is 5.61. The Balaban J connectivity index is 2.03. The average molecular weight is 320 g/mol. The van der Waals surface area contributed by atoms with Crippen molar-refractivity contribution in [2.75, 3.05) is 26.8 Å². The van der Waals surface area contributed by atoms with Gasteiger partial charge in [-0.1, -0.05) is 6.07 Å². The lowest BCUT2D eigenvalue weighted by Crippen LogP contribution is -2.34. The Hall–Kier alpha value is -1.97. The van der Waals surface area contributed by atoms with Crippen LogP contribution in [0.1, 0.15) is 30.4 Å². The van der Waals surface area contributed by atoms with Crippen molar-refractivity contribution < 1.29 is 18.7 Å². The van der Waals surface area contributed by atoms with Crippen LogP contribution in [-0.4, -0.2) is 43.8 Å². The van der Waals surface area contributed by atoms with Gasteiger partial charge in [-0.3, -0.25) is 9.69 Å². The van der Waals surface area contributed by atoms with Crippen LogP contribution in [0.25, 0.3) is 0 Å². The molecule has 1 atom stereocenters. The molecule has 0 unspecified atom stereocenters. The molecule has 1 aliphatic heterocycles. The first kappa shape index (κ1) is 17.4. The second kappa shape index (κ2) is 8.61. The van der Waals surface area contributed by atoms with Gasteiger partial charge in [0.25, 0.3) is 0 Å². The number of carbonyl (C=O) groups is 1. The molecule has 0 N–H and O–H groups in total. The van der Waals surface area contributed by atoms with Gasteiger partial charge in [-0.25, -0.2) is 4.39 Å². The molecule has 0 spiro atoms. The summed E-state index contributed by atoms with van der Waals surface area (Å²) in [6, 6.07) is 6.38. The van der Waals surface area contributed by atoms with Crippen molar-refractivity contribution in [2.24, 2.45) is 0 Å². The van der Waals surface area contributed by atoms with Crippen molar-refractivity contribution in [3.8, 4) is 6.07 Å². The Labute approximate surface area is 135 Å². The molecular weight excluding hydrogens is 299 g/mol. The van der Waals surface area contributed by atoms with E-state index in [0.29, 0.717) is 30.8 Å². The molecule has 1 aromatic carbocycles. The number of nitrogens with zero attached hydrogens (tertiary/aromatic N) is 2. The molecule has 0 aliphatic carbocycles. The van der Waals surface area contributed by atoms with Crippen molar-refractivity contribution in [3.05, 3.63) is 35.1 Å². The Morgan fingerprint density at radius 1 is 1.57 bits per heavy atom. The van der Waals surface area contributed by atoms with E-state index >= 15 is 0 Å². The minimum atomic E-state index is -0.403. The summed E-state index contributed by atoms with van der Waals surface area (Å²) in [4.78, 5) is 13.4. The molecule has 1 heterocycles. The maximum atomic E-state index is 14.1. The topological polar surface area (TPSA) is 62.6 Å². The molecule has 0 amide bonds. The molecule has 1 aromatic rings. The van der Waals surface area contributed by atoms with Gasteiger partial charge in [0, 0.05) is 31.8 Å². The zero-order valence-corrected chi connectivity index (χ0v) is 13.3. The predicted octanol–water partition coefficient (Wildman–Crippen LogP) is 2.24. The number of hydrogen-bond acceptors (Lipinski definition) is 5. The van der Waals surface area contributed by atoms with E-state index in [1.165, 1.54) is 13.2 Å². The van der Waals surface area contributed by atoms with Crippen molar-refractivity contribution in [1.29, 1.82) is 5.26 Å². The van der Waals surface area contributed by atoms with Crippen molar-refractivity contribution in [2.45, 2.75) is 31.9 Å². The summed E-state index contributed by atoms with van der Waals surface area (Å²) in [5, 5.41) is 8.80. The smallest absolute Gasteiger partial charge is 0.306 e. The summed E-state index contributed by atoms with van der Waals surface area (Å²) < 4.78 is 24.4. The Kier molecular flexibility index (Phi) is 6.51. The minimum Gasteiger partial charge on any atom is -0.469 e. The van der Waals surface area contributed by atoms with E-state index in [2.05, 4.69) is 4.74 Å². The van der Waals surface area contributed by atoms with E-state index in [1.54, 1.807) is 12.1 Å². The highest BCUT2D eigenvalue weighted by molar-refractivity contribution is 5.69. The van der Waals surface area contributed by atoms with E-state index < -0.39 is 5.82 Å². The lowest BCUT2D eigenvalue weighted by Gasteiger charge is -2.25. The number of methoxy groups -OCH3 is 1. The maximum Gasteiger partial charge on any atom is 0.306 e. The number of halogens is 1. The zero-order chi connectivity index (χ0) is 16.7. The Morgan fingerprint density at radius 2 is 2.39 bits per heavy atom. The molecule has 0 saturated carbocycles. The molecule has 1 saturated heterocycles. The van der Waals surface area contributed by atoms with Crippen molar-refractivity contribution in [1.82, 2.24) is 4.90 Å². The van der Waals surface area contributed by atoms with Gasteiger partial charge in [0.05, 0.1) is 31.3 Å². The fourth-order valence-corrected chi connectivity index (χ4v) is 2.65. The summed E-state index contributed by atoms with van der Waals surface area (Å²) in [7, 11) is 1.35. The third-order valence-electron chi connectivity index (χ3n) is 3.92. The monoisotopic (exact) mass is 320 g/mol. The lowest BCUT2D eigenvalue weighted by atomic mass is 10.1. The predicted molar refractivity (Wildman–Crippen MR) is 82.0 cm³/mol. The number of hydrogen-bond donors (Lipinski definition) is 0. The number of benzene rings is 1. The van der Waals surface area contributed by atoms with Crippen molar-refractivity contribution in [3.63, 3.8) is 0 Å². The number of ether oxygens (including phenoxy) is 2. The van der Waals surface area contributed by atoms with Gasteiger partial charge in [0.2, 0.25) is 0 Å². The minimum absolute atomic E-state index is 0.120. The molecular formula is C17H21FN2O3. The highest BCUT2D eigenvalue weighted by Crippen LogP contribution is 2.17. The van der Waals surface area contributed by atoms with Crippen LogP contribution in [0.4, 0.5) is 4.39 Å². The van der Waals surface area contributed by atoms with E-state index in [-0.39, 0.29) is 18.5 Å². The van der Waals surface area contributed by atoms with E-state index in [1.807, 2.05) is 11.0 Å². The normalized spacial score (nSPS) is 17.2. The number of nitriles is 1. The lowest BCUT2D eigenvalue weighted by molar-refractivity contribution is -0.141. The summed E-state index contributed by atoms with van der Waals surface area (Å²) >= 11 is 0. The summed E-state index contributed by atoms with van der Waals surface area (Å²) in [6.07, 6.45) is 2.38. The average Bonchev–Trinajstić information content (AvgIpc) is 3.06. The first-order chi connectivity index (χ1) is 11.1. The highest BCUT2D eigenvalue weighted by atomic mass is 19.1. The first-order valence-electron chi connectivity index (χ1n) is 7.71. The number of rotatable bonds is 7. The second-order valence-electron chi connectivity index (χ2n) is 5.61. The van der Waals surface area contributed by atoms with Crippen LogP contribution in [0, 0.1) is 17.1 Å². The van der Waals surface area contributed by atoms with Crippen LogP contribution >= 0.6 is 0 Å². The molecule has 124 valence electrons. The fourth-order valence-electron chi connectivity index (χ4n) is 2.65. The first-order valence-corrected chi connectivity index (χ1v) is 7.71. The maximum absolute atomic E-state index is 14.1. The van der Waals surface area contributed by atoms with Crippen LogP contribution in [0.5, 0.6) is 0 Å². The third kappa shape index (κ3) is 5.31. The van der Waals surface area contributed by atoms with Crippen LogP contribution in [0.3, 0.4) is 0 Å². The van der Waals surface area contributed by atoms with Crippen LogP contribution in [0.2, 0.25) is 0 Å². The SMILES string of the molecule is COC(=O)CCN(Cc1ccc(C#N)cc1F)C[C@H]1CCCO1. The van der Waals surface area contributed by atoms with Crippen LogP contribution < -0.4 is 0 Å². The van der Waals surface area contributed by atoms with Crippen LogP contribution in [-0.2, 0) is 20.8 Å². The van der Waals surface area contributed by atoms with Gasteiger partial charge in [-0.2, -0.15) is 5.26 Å². The van der Waals surface area contributed by atoms with Gasteiger partial charge >= 0.3 is 5.97 Å². The van der Waals surface area contributed by atoms with Gasteiger partial charge in [-0.05, 0) is 25.0 Å². The van der Waals surface area contributed by atoms with Gasteiger partial charge in [-0.15, -0.1) is 0 Å². The fraction of sp³-hybridized carbons (Fsp3) is 0.529. The van der Waals surface area contributed by atoms with E-state index in [0.717, 1.165) is 19.4 Å². The molecule has 6 heteroatoms. The number of carbonyl (C=O) groups excluding carboxylic acids is 1. The highest BCUT2D eigenvalue weighted by Gasteiger charge is 2.21. The third-order valence-corrected chi connectivity index (χ3v) is 3.92. The standard InChI is InChI=1S/C17H21FN2O3/c1-22-17(21)6-7-20(12-15-3-2-8-23-15)11-14-5-4-13(10-19)9-16(14)18/h4-5,9,15H,2-3,6-8,11-12H2,1H3/t15-/m1/s1. The van der Waals surface area contributed by atoms with E-state index in [9.17, 15) is 9.18 Å². The van der Waals surface area contributed by atoms with Gasteiger partial charge in [0.15, 0.2) is 0 Å². The number of esters is 1. The molecule has 0 bridgehead atoms. The van der Waals surface area contributed by atoms with Crippen LogP contribution in [0.15, 0.2) is 18.2 Å². The molecule has 23 heavy (non-hydrogen) atoms. The molecule has 5 nitrogen and oxygen atoms in total. The molecule has 1 fully saturated rings. The quantitative estimate of drug-likeness (QED) is 0.721. The Bertz CT molecular complexity index is 580. The zero-order valence-electron chi connectivity index (χ0n) is 13.3. The molecule has 0 aromatic heterocycles. The molecule has 1 aliphatic rings.